The molecule has 0 aliphatic heterocycles. The van der Waals surface area contributed by atoms with Gasteiger partial charge in [-0.25, -0.2) is 14.6 Å². The van der Waals surface area contributed by atoms with E-state index in [4.69, 9.17) is 9.84 Å². The number of para-hydroxylation sites is 2. The molecule has 4 rings (SSSR count). The number of H-pyrrole nitrogens is 1. The van der Waals surface area contributed by atoms with Crippen molar-refractivity contribution < 1.29 is 24.2 Å². The quantitative estimate of drug-likeness (QED) is 0.362. The lowest BCUT2D eigenvalue weighted by Crippen LogP contribution is -2.32. The van der Waals surface area contributed by atoms with Crippen molar-refractivity contribution in [2.75, 3.05) is 5.32 Å². The van der Waals surface area contributed by atoms with Crippen LogP contribution in [0.4, 0.5) is 5.69 Å². The van der Waals surface area contributed by atoms with E-state index in [1.165, 1.54) is 24.3 Å². The van der Waals surface area contributed by atoms with Gasteiger partial charge in [0.1, 0.15) is 5.82 Å². The highest BCUT2D eigenvalue weighted by atomic mass is 16.5. The third-order valence-corrected chi connectivity index (χ3v) is 5.10. The molecule has 1 unspecified atom stereocenters. The van der Waals surface area contributed by atoms with Crippen LogP contribution in [0.3, 0.4) is 0 Å². The van der Waals surface area contributed by atoms with E-state index in [-0.39, 0.29) is 17.5 Å². The summed E-state index contributed by atoms with van der Waals surface area (Å²) < 4.78 is 5.53. The summed E-state index contributed by atoms with van der Waals surface area (Å²) in [5, 5.41) is 11.6. The minimum atomic E-state index is -1.06. The van der Waals surface area contributed by atoms with Crippen LogP contribution in [-0.4, -0.2) is 39.0 Å². The Kier molecular flexibility index (Phi) is 6.17. The Hall–Kier alpha value is -4.46. The number of hydrogen-bond donors (Lipinski definition) is 3. The highest BCUT2D eigenvalue weighted by Gasteiger charge is 2.24. The Morgan fingerprint density at radius 3 is 2.39 bits per heavy atom. The van der Waals surface area contributed by atoms with E-state index in [1.54, 1.807) is 31.2 Å². The first-order chi connectivity index (χ1) is 16.0. The zero-order chi connectivity index (χ0) is 23.4. The number of benzene rings is 3. The van der Waals surface area contributed by atoms with Crippen molar-refractivity contribution in [3.05, 3.63) is 83.9 Å². The predicted molar refractivity (Wildman–Crippen MR) is 123 cm³/mol. The topological polar surface area (TPSA) is 121 Å². The number of aromatic nitrogens is 2. The number of amides is 1. The first-order valence-corrected chi connectivity index (χ1v) is 10.4. The van der Waals surface area contributed by atoms with Gasteiger partial charge < -0.3 is 20.1 Å². The van der Waals surface area contributed by atoms with Gasteiger partial charge in [0.25, 0.3) is 5.91 Å². The zero-order valence-corrected chi connectivity index (χ0v) is 17.7. The van der Waals surface area contributed by atoms with Crippen LogP contribution in [0.1, 0.15) is 34.1 Å². The number of aromatic amines is 1. The first kappa shape index (κ1) is 21.8. The van der Waals surface area contributed by atoms with Crippen LogP contribution in [0.25, 0.3) is 22.4 Å². The highest BCUT2D eigenvalue weighted by Crippen LogP contribution is 2.25. The molecule has 1 heterocycles. The van der Waals surface area contributed by atoms with Crippen molar-refractivity contribution in [1.29, 1.82) is 0 Å². The van der Waals surface area contributed by atoms with Crippen molar-refractivity contribution in [2.24, 2.45) is 0 Å². The first-order valence-electron chi connectivity index (χ1n) is 10.4. The molecule has 0 spiro atoms. The minimum Gasteiger partial charge on any atom is -0.478 e. The lowest BCUT2D eigenvalue weighted by Gasteiger charge is -2.17. The number of imidazole rings is 1. The fourth-order valence-electron chi connectivity index (χ4n) is 3.38. The number of fused-ring (bicyclic) bond motifs is 1. The molecule has 4 aromatic rings. The fraction of sp³-hybridized carbons (Fsp3) is 0.120. The molecule has 33 heavy (non-hydrogen) atoms. The molecule has 8 nitrogen and oxygen atoms in total. The van der Waals surface area contributed by atoms with E-state index in [0.717, 1.165) is 11.0 Å². The Bertz CT molecular complexity index is 1290. The van der Waals surface area contributed by atoms with Gasteiger partial charge in [-0.15, -0.1) is 0 Å². The summed E-state index contributed by atoms with van der Waals surface area (Å²) in [6.07, 6.45) is -0.766. The summed E-state index contributed by atoms with van der Waals surface area (Å²) in [7, 11) is 0. The molecule has 0 aliphatic rings. The van der Waals surface area contributed by atoms with Crippen LogP contribution in [0.5, 0.6) is 0 Å². The van der Waals surface area contributed by atoms with Crippen molar-refractivity contribution in [3.8, 4) is 11.4 Å². The molecule has 3 aromatic carbocycles. The van der Waals surface area contributed by atoms with Crippen LogP contribution < -0.4 is 5.32 Å². The lowest BCUT2D eigenvalue weighted by atomic mass is 10.1. The van der Waals surface area contributed by atoms with Gasteiger partial charge in [-0.1, -0.05) is 37.3 Å². The summed E-state index contributed by atoms with van der Waals surface area (Å²) in [5.41, 5.74) is 2.98. The maximum atomic E-state index is 13.0. The van der Waals surface area contributed by atoms with E-state index < -0.39 is 23.9 Å². The number of carboxylic acids is 1. The van der Waals surface area contributed by atoms with Crippen molar-refractivity contribution in [1.82, 2.24) is 9.97 Å². The Morgan fingerprint density at radius 2 is 1.70 bits per heavy atom. The smallest absolute Gasteiger partial charge is 0.339 e. The second kappa shape index (κ2) is 9.35. The van der Waals surface area contributed by atoms with Crippen LogP contribution >= 0.6 is 0 Å². The molecule has 0 saturated carbocycles. The number of carboxylic acid groups (broad SMARTS) is 1. The van der Waals surface area contributed by atoms with E-state index in [1.807, 2.05) is 24.3 Å². The van der Waals surface area contributed by atoms with Crippen LogP contribution in [0.2, 0.25) is 0 Å². The Labute approximate surface area is 189 Å². The third kappa shape index (κ3) is 4.74. The van der Waals surface area contributed by atoms with Crippen LogP contribution in [0, 0.1) is 0 Å². The van der Waals surface area contributed by atoms with Crippen molar-refractivity contribution in [2.45, 2.75) is 19.4 Å². The molecule has 166 valence electrons. The van der Waals surface area contributed by atoms with E-state index in [2.05, 4.69) is 15.3 Å². The molecule has 0 saturated heterocycles. The molecule has 1 aromatic heterocycles. The standard InChI is InChI=1S/C25H21N3O5/c1-2-21(23(29)26-16-13-11-15(12-14-16)24(30)31)33-25(32)18-8-4-3-7-17(18)22-27-19-9-5-6-10-20(19)28-22/h3-14,21H,2H2,1H3,(H,26,29)(H,27,28)(H,30,31). The largest absolute Gasteiger partial charge is 0.478 e. The fourth-order valence-corrected chi connectivity index (χ4v) is 3.38. The van der Waals surface area contributed by atoms with Gasteiger partial charge in [0.05, 0.1) is 22.2 Å². The van der Waals surface area contributed by atoms with Crippen molar-refractivity contribution >= 4 is 34.6 Å². The number of carbonyl (C=O) groups excluding carboxylic acids is 2. The summed E-state index contributed by atoms with van der Waals surface area (Å²) >= 11 is 0. The number of hydrogen-bond acceptors (Lipinski definition) is 5. The average Bonchev–Trinajstić information content (AvgIpc) is 3.27. The maximum absolute atomic E-state index is 13.0. The van der Waals surface area contributed by atoms with E-state index in [9.17, 15) is 14.4 Å². The monoisotopic (exact) mass is 443 g/mol. The van der Waals surface area contributed by atoms with E-state index in [0.29, 0.717) is 17.1 Å². The molecular formula is C25H21N3O5. The Balaban J connectivity index is 1.52. The van der Waals surface area contributed by atoms with Gasteiger partial charge in [0.2, 0.25) is 0 Å². The van der Waals surface area contributed by atoms with Gasteiger partial charge in [-0.05, 0) is 48.9 Å². The molecule has 0 bridgehead atoms. The number of nitrogens with one attached hydrogen (secondary N) is 2. The van der Waals surface area contributed by atoms with Crippen LogP contribution in [0.15, 0.2) is 72.8 Å². The number of esters is 1. The normalized spacial score (nSPS) is 11.7. The molecule has 3 N–H and O–H groups in total. The zero-order valence-electron chi connectivity index (χ0n) is 17.7. The minimum absolute atomic E-state index is 0.105. The second-order valence-corrected chi connectivity index (χ2v) is 7.32. The summed E-state index contributed by atoms with van der Waals surface area (Å²) in [6.45, 7) is 1.73. The summed E-state index contributed by atoms with van der Waals surface area (Å²) in [4.78, 5) is 44.4. The molecule has 8 heteroatoms. The molecule has 1 atom stereocenters. The Morgan fingerprint density at radius 1 is 1.00 bits per heavy atom. The van der Waals surface area contributed by atoms with Gasteiger partial charge >= 0.3 is 11.9 Å². The predicted octanol–water partition coefficient (Wildman–Crippen LogP) is 4.50. The SMILES string of the molecule is CCC(OC(=O)c1ccccc1-c1nc2ccccc2[nH]1)C(=O)Nc1ccc(C(=O)O)cc1. The summed E-state index contributed by atoms with van der Waals surface area (Å²) in [5.74, 6) is -1.68. The number of aromatic carboxylic acids is 1. The molecule has 0 aliphatic carbocycles. The second-order valence-electron chi connectivity index (χ2n) is 7.32. The molecule has 1 amide bonds. The molecule has 0 radical (unpaired) electrons. The number of ether oxygens (including phenoxy) is 1. The number of nitrogens with zero attached hydrogens (tertiary/aromatic N) is 1. The van der Waals surface area contributed by atoms with Gasteiger partial charge in [0.15, 0.2) is 6.10 Å². The number of carbonyl (C=O) groups is 3. The maximum Gasteiger partial charge on any atom is 0.339 e. The van der Waals surface area contributed by atoms with E-state index >= 15 is 0 Å². The number of anilines is 1. The van der Waals surface area contributed by atoms with Gasteiger partial charge in [-0.2, -0.15) is 0 Å². The molecular weight excluding hydrogens is 422 g/mol. The third-order valence-electron chi connectivity index (χ3n) is 5.10. The van der Waals surface area contributed by atoms with Crippen molar-refractivity contribution in [3.63, 3.8) is 0 Å². The molecule has 0 fully saturated rings. The van der Waals surface area contributed by atoms with Gasteiger partial charge in [-0.3, -0.25) is 4.79 Å². The number of rotatable bonds is 7. The average molecular weight is 443 g/mol. The highest BCUT2D eigenvalue weighted by molar-refractivity contribution is 6.00. The van der Waals surface area contributed by atoms with Crippen LogP contribution in [-0.2, 0) is 9.53 Å². The lowest BCUT2D eigenvalue weighted by molar-refractivity contribution is -0.124. The summed E-state index contributed by atoms with van der Waals surface area (Å²) in [6, 6.07) is 20.2. The van der Waals surface area contributed by atoms with Gasteiger partial charge in [0, 0.05) is 11.3 Å².